The number of alkyl halides is 1. The molecular formula is C2H7ClN2. The Kier molecular flexibility index (Phi) is 4.39. The van der Waals surface area contributed by atoms with Crippen LogP contribution in [0.15, 0.2) is 0 Å². The molecule has 5 heavy (non-hydrogen) atoms. The third-order valence-electron chi connectivity index (χ3n) is 0.239. The third-order valence-corrected chi connectivity index (χ3v) is 0.428. The zero-order chi connectivity index (χ0) is 4.12. The number of nitrogens with two attached hydrogens (primary N) is 1. The van der Waals surface area contributed by atoms with Gasteiger partial charge in [0.1, 0.15) is 0 Å². The highest BCUT2D eigenvalue weighted by Gasteiger charge is 1.67. The van der Waals surface area contributed by atoms with E-state index in [9.17, 15) is 0 Å². The highest BCUT2D eigenvalue weighted by molar-refractivity contribution is 6.18. The van der Waals surface area contributed by atoms with Crippen LogP contribution in [0.2, 0.25) is 0 Å². The molecule has 3 heteroatoms. The second-order valence-corrected chi connectivity index (χ2v) is 1.02. The number of halogens is 1. The monoisotopic (exact) mass is 94.0 g/mol. The Morgan fingerprint density at radius 3 is 2.40 bits per heavy atom. The molecule has 0 aliphatic rings. The molecule has 0 rings (SSSR count). The van der Waals surface area contributed by atoms with Crippen LogP contribution in [0.25, 0.3) is 0 Å². The number of nitrogens with one attached hydrogen (secondary N) is 1. The maximum Gasteiger partial charge on any atom is 0.0362 e. The number of rotatable bonds is 2. The predicted octanol–water partition coefficient (Wildman–Crippen LogP) is -0.311. The zero-order valence-electron chi connectivity index (χ0n) is 2.87. The maximum absolute atomic E-state index is 5.16. The fourth-order valence-electron chi connectivity index (χ4n) is 0.0546. The zero-order valence-corrected chi connectivity index (χ0v) is 3.63. The average molecular weight is 94.5 g/mol. The molecular weight excluding hydrogens is 87.5 g/mol. The summed E-state index contributed by atoms with van der Waals surface area (Å²) in [6.07, 6.45) is 0. The fourth-order valence-corrected chi connectivity index (χ4v) is 0.164. The topological polar surface area (TPSA) is 38.0 Å². The SMILES string of the molecule is NNCCCl. The molecule has 0 spiro atoms. The first-order valence-electron chi connectivity index (χ1n) is 1.41. The quantitative estimate of drug-likeness (QED) is 0.280. The van der Waals surface area contributed by atoms with E-state index in [1.807, 2.05) is 0 Å². The van der Waals surface area contributed by atoms with E-state index in [1.165, 1.54) is 0 Å². The van der Waals surface area contributed by atoms with Gasteiger partial charge in [0.2, 0.25) is 0 Å². The van der Waals surface area contributed by atoms with Gasteiger partial charge in [-0.25, -0.2) is 0 Å². The standard InChI is InChI=1S/C2H7ClN2/c3-1-2-5-4/h5H,1-2,4H2. The van der Waals surface area contributed by atoms with Gasteiger partial charge in [0.25, 0.3) is 0 Å². The highest BCUT2D eigenvalue weighted by Crippen LogP contribution is 1.63. The lowest BCUT2D eigenvalue weighted by Gasteiger charge is -1.83. The van der Waals surface area contributed by atoms with Crippen LogP contribution < -0.4 is 11.3 Å². The van der Waals surface area contributed by atoms with Gasteiger partial charge in [0, 0.05) is 12.4 Å². The van der Waals surface area contributed by atoms with Gasteiger partial charge < -0.3 is 0 Å². The van der Waals surface area contributed by atoms with Gasteiger partial charge in [-0.3, -0.25) is 11.3 Å². The van der Waals surface area contributed by atoms with E-state index in [1.54, 1.807) is 0 Å². The summed E-state index contributed by atoms with van der Waals surface area (Å²) in [5, 5.41) is 0. The first kappa shape index (κ1) is 5.21. The van der Waals surface area contributed by atoms with Crippen molar-refractivity contribution in [3.8, 4) is 0 Å². The largest absolute Gasteiger partial charge is 0.271 e. The Hall–Kier alpha value is 0.210. The van der Waals surface area contributed by atoms with Crippen molar-refractivity contribution in [1.29, 1.82) is 0 Å². The molecule has 0 aromatic carbocycles. The maximum atomic E-state index is 5.16. The van der Waals surface area contributed by atoms with E-state index in [0.717, 1.165) is 0 Å². The van der Waals surface area contributed by atoms with Crippen LogP contribution in [-0.4, -0.2) is 12.4 Å². The summed E-state index contributed by atoms with van der Waals surface area (Å²) in [4.78, 5) is 0. The lowest BCUT2D eigenvalue weighted by Crippen LogP contribution is -2.23. The summed E-state index contributed by atoms with van der Waals surface area (Å²) in [6.45, 7) is 0.682. The van der Waals surface area contributed by atoms with Gasteiger partial charge in [-0.15, -0.1) is 11.6 Å². The van der Waals surface area contributed by atoms with Crippen LogP contribution in [0.4, 0.5) is 0 Å². The van der Waals surface area contributed by atoms with Crippen molar-refractivity contribution in [3.63, 3.8) is 0 Å². The Morgan fingerprint density at radius 2 is 2.40 bits per heavy atom. The molecule has 0 aliphatic carbocycles. The molecule has 32 valence electrons. The van der Waals surface area contributed by atoms with Gasteiger partial charge in [-0.05, 0) is 0 Å². The molecule has 0 aromatic rings. The van der Waals surface area contributed by atoms with Crippen LogP contribution in [0, 0.1) is 0 Å². The second kappa shape index (κ2) is 4.21. The van der Waals surface area contributed by atoms with Crippen molar-refractivity contribution in [1.82, 2.24) is 5.43 Å². The molecule has 0 fully saturated rings. The molecule has 0 atom stereocenters. The van der Waals surface area contributed by atoms with E-state index in [4.69, 9.17) is 17.4 Å². The minimum Gasteiger partial charge on any atom is -0.271 e. The number of hydrogen-bond donors (Lipinski definition) is 2. The summed E-state index contributed by atoms with van der Waals surface area (Å²) in [6, 6.07) is 0. The molecule has 0 amide bonds. The molecule has 0 saturated carbocycles. The number of hydrazine groups is 1. The van der Waals surface area contributed by atoms with Crippen molar-refractivity contribution in [2.45, 2.75) is 0 Å². The van der Waals surface area contributed by atoms with Gasteiger partial charge >= 0.3 is 0 Å². The van der Waals surface area contributed by atoms with Crippen molar-refractivity contribution in [2.75, 3.05) is 12.4 Å². The highest BCUT2D eigenvalue weighted by atomic mass is 35.5. The Bertz CT molecular complexity index is 15.1. The van der Waals surface area contributed by atoms with Gasteiger partial charge in [-0.1, -0.05) is 0 Å². The molecule has 0 heterocycles. The molecule has 0 aromatic heterocycles. The summed E-state index contributed by atoms with van der Waals surface area (Å²) in [7, 11) is 0. The first-order chi connectivity index (χ1) is 2.41. The smallest absolute Gasteiger partial charge is 0.0362 e. The molecule has 0 radical (unpaired) electrons. The molecule has 0 aliphatic heterocycles. The van der Waals surface area contributed by atoms with Crippen molar-refractivity contribution >= 4 is 11.6 Å². The first-order valence-corrected chi connectivity index (χ1v) is 1.94. The Balaban J connectivity index is 2.19. The lowest BCUT2D eigenvalue weighted by atomic mass is 10.8. The Morgan fingerprint density at radius 1 is 1.80 bits per heavy atom. The minimum atomic E-state index is 0.580. The third kappa shape index (κ3) is 4.21. The normalized spacial score (nSPS) is 8.40. The van der Waals surface area contributed by atoms with E-state index >= 15 is 0 Å². The van der Waals surface area contributed by atoms with Crippen molar-refractivity contribution < 1.29 is 0 Å². The summed E-state index contributed by atoms with van der Waals surface area (Å²) in [5.41, 5.74) is 2.39. The van der Waals surface area contributed by atoms with E-state index in [-0.39, 0.29) is 0 Å². The number of hydrogen-bond acceptors (Lipinski definition) is 2. The van der Waals surface area contributed by atoms with Crippen LogP contribution in [0.5, 0.6) is 0 Å². The molecule has 2 nitrogen and oxygen atoms in total. The van der Waals surface area contributed by atoms with E-state index < -0.39 is 0 Å². The molecule has 0 bridgehead atoms. The summed E-state index contributed by atoms with van der Waals surface area (Å²) < 4.78 is 0. The summed E-state index contributed by atoms with van der Waals surface area (Å²) >= 11 is 5.16. The molecule has 3 N–H and O–H groups in total. The second-order valence-electron chi connectivity index (χ2n) is 0.643. The van der Waals surface area contributed by atoms with Crippen LogP contribution in [0.1, 0.15) is 0 Å². The summed E-state index contributed by atoms with van der Waals surface area (Å²) in [5.74, 6) is 5.38. The fraction of sp³-hybridized carbons (Fsp3) is 1.00. The lowest BCUT2D eigenvalue weighted by molar-refractivity contribution is 0.785. The van der Waals surface area contributed by atoms with Crippen molar-refractivity contribution in [3.05, 3.63) is 0 Å². The predicted molar refractivity (Wildman–Crippen MR) is 22.9 cm³/mol. The Labute approximate surface area is 36.3 Å². The van der Waals surface area contributed by atoms with Crippen LogP contribution in [0.3, 0.4) is 0 Å². The molecule has 0 unspecified atom stereocenters. The van der Waals surface area contributed by atoms with E-state index in [2.05, 4.69) is 5.43 Å². The van der Waals surface area contributed by atoms with Crippen molar-refractivity contribution in [2.24, 2.45) is 5.84 Å². The van der Waals surface area contributed by atoms with Crippen LogP contribution >= 0.6 is 11.6 Å². The average Bonchev–Trinajstić information content (AvgIpc) is 1.41. The van der Waals surface area contributed by atoms with Gasteiger partial charge in [0.05, 0.1) is 0 Å². The molecule has 0 saturated heterocycles. The van der Waals surface area contributed by atoms with Gasteiger partial charge in [-0.2, -0.15) is 0 Å². The van der Waals surface area contributed by atoms with E-state index in [0.29, 0.717) is 12.4 Å². The van der Waals surface area contributed by atoms with Crippen LogP contribution in [-0.2, 0) is 0 Å². The minimum absolute atomic E-state index is 0.580. The van der Waals surface area contributed by atoms with Gasteiger partial charge in [0.15, 0.2) is 0 Å².